The van der Waals surface area contributed by atoms with E-state index in [-0.39, 0.29) is 5.56 Å². The maximum absolute atomic E-state index is 11.0. The van der Waals surface area contributed by atoms with Crippen molar-refractivity contribution in [3.8, 4) is 0 Å². The Balaban J connectivity index is 2.33. The van der Waals surface area contributed by atoms with Crippen molar-refractivity contribution in [3.63, 3.8) is 0 Å². The molecule has 17 heavy (non-hydrogen) atoms. The molecule has 0 amide bonds. The van der Waals surface area contributed by atoms with Gasteiger partial charge in [0.1, 0.15) is 5.82 Å². The van der Waals surface area contributed by atoms with E-state index in [1.807, 2.05) is 19.1 Å². The number of carboxylic acids is 1. The molecule has 4 nitrogen and oxygen atoms in total. The zero-order valence-corrected chi connectivity index (χ0v) is 9.34. The van der Waals surface area contributed by atoms with Gasteiger partial charge in [-0.1, -0.05) is 18.2 Å². The Morgan fingerprint density at radius 3 is 2.65 bits per heavy atom. The van der Waals surface area contributed by atoms with E-state index in [0.29, 0.717) is 11.5 Å². The molecule has 0 atom stereocenters. The second-order valence-electron chi connectivity index (χ2n) is 3.64. The number of para-hydroxylation sites is 1. The highest BCUT2D eigenvalue weighted by Gasteiger charge is 2.09. The van der Waals surface area contributed by atoms with E-state index >= 15 is 0 Å². The van der Waals surface area contributed by atoms with Crippen molar-refractivity contribution < 1.29 is 9.90 Å². The van der Waals surface area contributed by atoms with E-state index < -0.39 is 5.97 Å². The minimum atomic E-state index is -0.958. The van der Waals surface area contributed by atoms with Crippen LogP contribution in [0.2, 0.25) is 0 Å². The first-order valence-electron chi connectivity index (χ1n) is 5.20. The summed E-state index contributed by atoms with van der Waals surface area (Å²) in [6, 6.07) is 12.3. The van der Waals surface area contributed by atoms with Crippen LogP contribution in [0.25, 0.3) is 0 Å². The van der Waals surface area contributed by atoms with Crippen LogP contribution in [0.3, 0.4) is 0 Å². The van der Waals surface area contributed by atoms with Gasteiger partial charge in [-0.05, 0) is 31.2 Å². The van der Waals surface area contributed by atoms with Gasteiger partial charge in [0.25, 0.3) is 0 Å². The summed E-state index contributed by atoms with van der Waals surface area (Å²) in [5.74, 6) is -0.320. The summed E-state index contributed by atoms with van der Waals surface area (Å²) in [5, 5.41) is 12.0. The fraction of sp³-hybridized carbons (Fsp3) is 0.0769. The summed E-state index contributed by atoms with van der Waals surface area (Å²) in [6.07, 6.45) is 0. The van der Waals surface area contributed by atoms with Crippen molar-refractivity contribution in [1.29, 1.82) is 0 Å². The lowest BCUT2D eigenvalue weighted by atomic mass is 10.2. The Kier molecular flexibility index (Phi) is 3.05. The van der Waals surface area contributed by atoms with Crippen LogP contribution in [0.5, 0.6) is 0 Å². The lowest BCUT2D eigenvalue weighted by Crippen LogP contribution is -2.03. The average molecular weight is 228 g/mol. The van der Waals surface area contributed by atoms with Crippen molar-refractivity contribution in [2.75, 3.05) is 5.32 Å². The van der Waals surface area contributed by atoms with Gasteiger partial charge in [0, 0.05) is 5.69 Å². The maximum Gasteiger partial charge on any atom is 0.337 e. The van der Waals surface area contributed by atoms with Gasteiger partial charge in [0.15, 0.2) is 0 Å². The molecule has 0 aliphatic carbocycles. The maximum atomic E-state index is 11.0. The molecule has 2 aromatic rings. The first-order valence-corrected chi connectivity index (χ1v) is 5.20. The third-order valence-electron chi connectivity index (χ3n) is 2.31. The van der Waals surface area contributed by atoms with Gasteiger partial charge in [-0.3, -0.25) is 0 Å². The average Bonchev–Trinajstić information content (AvgIpc) is 2.29. The normalized spacial score (nSPS) is 9.94. The Labute approximate surface area is 98.9 Å². The molecule has 2 N–H and O–H groups in total. The number of benzene rings is 1. The van der Waals surface area contributed by atoms with Crippen molar-refractivity contribution in [3.05, 3.63) is 53.7 Å². The fourth-order valence-electron chi connectivity index (χ4n) is 1.53. The summed E-state index contributed by atoms with van der Waals surface area (Å²) in [5.41, 5.74) is 1.65. The molecule has 0 saturated carbocycles. The molecule has 2 rings (SSSR count). The highest BCUT2D eigenvalue weighted by Crippen LogP contribution is 2.19. The Bertz CT molecular complexity index is 553. The summed E-state index contributed by atoms with van der Waals surface area (Å²) < 4.78 is 0. The van der Waals surface area contributed by atoms with Gasteiger partial charge in [-0.2, -0.15) is 0 Å². The zero-order chi connectivity index (χ0) is 12.3. The standard InChI is InChI=1S/C13H12N2O2/c1-9-5-4-8-12(14-9)15-11-7-3-2-6-10(11)13(16)17/h2-8H,1H3,(H,14,15)(H,16,17). The molecule has 0 unspecified atom stereocenters. The van der Waals surface area contributed by atoms with E-state index in [1.54, 1.807) is 30.3 Å². The van der Waals surface area contributed by atoms with Gasteiger partial charge in [0.2, 0.25) is 0 Å². The van der Waals surface area contributed by atoms with Gasteiger partial charge in [-0.25, -0.2) is 9.78 Å². The van der Waals surface area contributed by atoms with Crippen LogP contribution >= 0.6 is 0 Å². The number of hydrogen-bond donors (Lipinski definition) is 2. The predicted octanol–water partition coefficient (Wildman–Crippen LogP) is 2.83. The number of pyridine rings is 1. The first-order chi connectivity index (χ1) is 8.16. The molecule has 1 aromatic carbocycles. The van der Waals surface area contributed by atoms with Crippen LogP contribution in [0, 0.1) is 6.92 Å². The van der Waals surface area contributed by atoms with Gasteiger partial charge >= 0.3 is 5.97 Å². The molecule has 0 saturated heterocycles. The molecular formula is C13H12N2O2. The number of rotatable bonds is 3. The highest BCUT2D eigenvalue weighted by molar-refractivity contribution is 5.94. The summed E-state index contributed by atoms with van der Waals surface area (Å²) >= 11 is 0. The van der Waals surface area contributed by atoms with Crippen molar-refractivity contribution in [1.82, 2.24) is 4.98 Å². The van der Waals surface area contributed by atoms with Crippen LogP contribution in [0.1, 0.15) is 16.1 Å². The second-order valence-corrected chi connectivity index (χ2v) is 3.64. The Hall–Kier alpha value is -2.36. The molecule has 0 bridgehead atoms. The third kappa shape index (κ3) is 2.60. The van der Waals surface area contributed by atoms with Crippen LogP contribution in [-0.2, 0) is 0 Å². The lowest BCUT2D eigenvalue weighted by Gasteiger charge is -2.08. The topological polar surface area (TPSA) is 62.2 Å². The first kappa shape index (κ1) is 11.1. The summed E-state index contributed by atoms with van der Waals surface area (Å²) in [4.78, 5) is 15.3. The quantitative estimate of drug-likeness (QED) is 0.847. The van der Waals surface area contributed by atoms with E-state index in [0.717, 1.165) is 5.69 Å². The van der Waals surface area contributed by atoms with Gasteiger partial charge in [-0.15, -0.1) is 0 Å². The van der Waals surface area contributed by atoms with Crippen LogP contribution in [0.4, 0.5) is 11.5 Å². The van der Waals surface area contributed by atoms with E-state index in [1.165, 1.54) is 0 Å². The van der Waals surface area contributed by atoms with Crippen LogP contribution < -0.4 is 5.32 Å². The number of aryl methyl sites for hydroxylation is 1. The fourth-order valence-corrected chi connectivity index (χ4v) is 1.53. The second kappa shape index (κ2) is 4.65. The molecule has 86 valence electrons. The van der Waals surface area contributed by atoms with Gasteiger partial charge in [0.05, 0.1) is 11.3 Å². The van der Waals surface area contributed by atoms with E-state index in [9.17, 15) is 4.79 Å². The zero-order valence-electron chi connectivity index (χ0n) is 9.34. The number of carboxylic acid groups (broad SMARTS) is 1. The molecule has 0 radical (unpaired) electrons. The molecule has 0 aliphatic rings. The van der Waals surface area contributed by atoms with Gasteiger partial charge < -0.3 is 10.4 Å². The summed E-state index contributed by atoms with van der Waals surface area (Å²) in [6.45, 7) is 1.88. The molecular weight excluding hydrogens is 216 g/mol. The van der Waals surface area contributed by atoms with Crippen molar-refractivity contribution in [2.24, 2.45) is 0 Å². The number of nitrogens with one attached hydrogen (secondary N) is 1. The Morgan fingerprint density at radius 2 is 1.94 bits per heavy atom. The van der Waals surface area contributed by atoms with E-state index in [2.05, 4.69) is 10.3 Å². The highest BCUT2D eigenvalue weighted by atomic mass is 16.4. The number of anilines is 2. The number of aromatic nitrogens is 1. The molecule has 0 aliphatic heterocycles. The van der Waals surface area contributed by atoms with Crippen LogP contribution in [0.15, 0.2) is 42.5 Å². The summed E-state index contributed by atoms with van der Waals surface area (Å²) in [7, 11) is 0. The molecule has 0 fully saturated rings. The monoisotopic (exact) mass is 228 g/mol. The smallest absolute Gasteiger partial charge is 0.337 e. The Morgan fingerprint density at radius 1 is 1.18 bits per heavy atom. The van der Waals surface area contributed by atoms with E-state index in [4.69, 9.17) is 5.11 Å². The SMILES string of the molecule is Cc1cccc(Nc2ccccc2C(=O)O)n1. The lowest BCUT2D eigenvalue weighted by molar-refractivity contribution is 0.0698. The molecule has 4 heteroatoms. The molecule has 1 aromatic heterocycles. The van der Waals surface area contributed by atoms with Crippen molar-refractivity contribution in [2.45, 2.75) is 6.92 Å². The van der Waals surface area contributed by atoms with Crippen LogP contribution in [-0.4, -0.2) is 16.1 Å². The molecule has 0 spiro atoms. The third-order valence-corrected chi connectivity index (χ3v) is 2.31. The number of aromatic carboxylic acids is 1. The number of nitrogens with zero attached hydrogens (tertiary/aromatic N) is 1. The van der Waals surface area contributed by atoms with Crippen molar-refractivity contribution >= 4 is 17.5 Å². The number of carbonyl (C=O) groups is 1. The largest absolute Gasteiger partial charge is 0.478 e. The molecule has 1 heterocycles. The number of hydrogen-bond acceptors (Lipinski definition) is 3. The predicted molar refractivity (Wildman–Crippen MR) is 65.7 cm³/mol. The minimum Gasteiger partial charge on any atom is -0.478 e. The minimum absolute atomic E-state index is 0.232.